The third-order valence-corrected chi connectivity index (χ3v) is 9.23. The molecular weight excluding hydrogens is 567 g/mol. The third kappa shape index (κ3) is 6.47. The van der Waals surface area contributed by atoms with E-state index in [4.69, 9.17) is 4.65 Å². The molecule has 45 heavy (non-hydrogen) atoms. The minimum absolute atomic E-state index is 0.199. The lowest BCUT2D eigenvalue weighted by Gasteiger charge is -2.43. The lowest BCUT2D eigenvalue weighted by molar-refractivity contribution is -0.122. The number of rotatable bonds is 10. The Morgan fingerprint density at radius 3 is 2.44 bits per heavy atom. The van der Waals surface area contributed by atoms with Gasteiger partial charge in [0.15, 0.2) is 0 Å². The Morgan fingerprint density at radius 1 is 0.978 bits per heavy atom. The fraction of sp³-hybridized carbons (Fsp3) is 0.333. The number of allylic oxidation sites excluding steroid dienone is 1. The highest BCUT2D eigenvalue weighted by atomic mass is 16.5. The summed E-state index contributed by atoms with van der Waals surface area (Å²) in [5, 5.41) is 34.6. The molecule has 232 valence electrons. The lowest BCUT2D eigenvalue weighted by atomic mass is 9.58. The second kappa shape index (κ2) is 13.4. The van der Waals surface area contributed by atoms with E-state index < -0.39 is 31.0 Å². The van der Waals surface area contributed by atoms with E-state index in [1.165, 1.54) is 10.5 Å². The highest BCUT2D eigenvalue weighted by molar-refractivity contribution is 6.43. The second-order valence-electron chi connectivity index (χ2n) is 12.2. The molecule has 0 saturated carbocycles. The average Bonchev–Trinajstić information content (AvgIpc) is 3.29. The largest absolute Gasteiger partial charge is 0.508 e. The molecule has 2 amide bonds. The molecule has 4 N–H and O–H groups in total. The van der Waals surface area contributed by atoms with Crippen molar-refractivity contribution in [2.75, 3.05) is 16.8 Å². The van der Waals surface area contributed by atoms with Crippen LogP contribution >= 0.6 is 0 Å². The number of benzene rings is 3. The van der Waals surface area contributed by atoms with Gasteiger partial charge in [-0.25, -0.2) is 0 Å². The summed E-state index contributed by atoms with van der Waals surface area (Å²) in [5.41, 5.74) is 5.98. The molecule has 6 rings (SSSR count). The number of phenolic OH excluding ortho intramolecular Hbond substituents is 1. The zero-order valence-corrected chi connectivity index (χ0v) is 25.4. The number of carbonyl (C=O) groups is 2. The number of nitrogens with zero attached hydrogens (tertiary/aromatic N) is 1. The standard InChI is InChI=1S/C36H39BN2O6/c1-2-7-23(18-24-8-6-11-29(41)19-24)12-17-32-33-25(22-40)20-30-34(31(33)21-37(44)45-32)36(43)39(35(30)42)28-15-13-27(14-16-28)38-26-9-4-3-5-10-26/h3-6,8-11,13-16,18-19,30-32,34,38,40-41,44H,2,7,12,17,20-22H2,1H3/b23-18+/t30-,31+,32-,34-/m1/s1. The predicted octanol–water partition coefficient (Wildman–Crippen LogP) is 6.09. The van der Waals surface area contributed by atoms with Gasteiger partial charge in [-0.1, -0.05) is 55.3 Å². The number of nitrogens with one attached hydrogen (secondary N) is 1. The van der Waals surface area contributed by atoms with Crippen molar-refractivity contribution in [3.63, 3.8) is 0 Å². The molecule has 2 aliphatic heterocycles. The van der Waals surface area contributed by atoms with Crippen LogP contribution in [0.2, 0.25) is 6.32 Å². The minimum atomic E-state index is -1.08. The van der Waals surface area contributed by atoms with E-state index in [0.29, 0.717) is 24.9 Å². The molecule has 1 aliphatic carbocycles. The molecule has 8 nitrogen and oxygen atoms in total. The van der Waals surface area contributed by atoms with Crippen molar-refractivity contribution >= 4 is 42.1 Å². The van der Waals surface area contributed by atoms with Crippen molar-refractivity contribution in [1.82, 2.24) is 0 Å². The van der Waals surface area contributed by atoms with Crippen molar-refractivity contribution in [2.45, 2.75) is 51.5 Å². The number of phenols is 1. The first-order chi connectivity index (χ1) is 21.9. The predicted molar refractivity (Wildman–Crippen MR) is 176 cm³/mol. The van der Waals surface area contributed by atoms with E-state index in [0.717, 1.165) is 40.9 Å². The van der Waals surface area contributed by atoms with Crippen LogP contribution in [0.5, 0.6) is 5.75 Å². The molecule has 0 bridgehead atoms. The molecule has 0 spiro atoms. The van der Waals surface area contributed by atoms with Gasteiger partial charge in [0.25, 0.3) is 0 Å². The Morgan fingerprint density at radius 2 is 1.73 bits per heavy atom. The van der Waals surface area contributed by atoms with Crippen LogP contribution in [0.1, 0.15) is 44.6 Å². The third-order valence-electron chi connectivity index (χ3n) is 9.23. The molecule has 9 heteroatoms. The van der Waals surface area contributed by atoms with E-state index >= 15 is 0 Å². The highest BCUT2D eigenvalue weighted by Crippen LogP contribution is 2.51. The number of amides is 2. The maximum atomic E-state index is 14.0. The summed E-state index contributed by atoms with van der Waals surface area (Å²) in [6.07, 6.45) is 5.16. The van der Waals surface area contributed by atoms with Gasteiger partial charge in [-0.05, 0) is 103 Å². The summed E-state index contributed by atoms with van der Waals surface area (Å²) in [6.45, 7) is 1.88. The Balaban J connectivity index is 1.23. The molecule has 3 aromatic rings. The molecule has 0 radical (unpaired) electrons. The van der Waals surface area contributed by atoms with Crippen LogP contribution in [-0.2, 0) is 14.2 Å². The fourth-order valence-electron chi connectivity index (χ4n) is 7.30. The van der Waals surface area contributed by atoms with Crippen LogP contribution in [0.15, 0.2) is 95.6 Å². The zero-order chi connectivity index (χ0) is 31.5. The molecule has 3 aromatic carbocycles. The number of carbonyl (C=O) groups excluding carboxylic acids is 2. The lowest BCUT2D eigenvalue weighted by Crippen LogP contribution is -2.46. The Hall–Kier alpha value is -4.18. The van der Waals surface area contributed by atoms with Gasteiger partial charge in [0.1, 0.15) is 5.75 Å². The van der Waals surface area contributed by atoms with Crippen LogP contribution in [0.25, 0.3) is 6.08 Å². The first-order valence-corrected chi connectivity index (χ1v) is 15.8. The van der Waals surface area contributed by atoms with E-state index in [-0.39, 0.29) is 30.5 Å². The van der Waals surface area contributed by atoms with Gasteiger partial charge in [0.2, 0.25) is 11.8 Å². The SMILES string of the molecule is CCC/C(=C\c1cccc(O)c1)CC[C@H]1OB(O)C[C@H]2C1=C(CO)C[C@H]1C(=O)N(c3ccc(Nc4ccccc4)cc3)C(=O)[C@H]12. The van der Waals surface area contributed by atoms with Crippen LogP contribution < -0.4 is 10.2 Å². The number of hydrogen-bond donors (Lipinski definition) is 4. The molecular formula is C36H39BN2O6. The highest BCUT2D eigenvalue weighted by Gasteiger charge is 2.57. The first-order valence-electron chi connectivity index (χ1n) is 15.8. The number of para-hydroxylation sites is 1. The number of anilines is 3. The van der Waals surface area contributed by atoms with Crippen molar-refractivity contribution in [1.29, 1.82) is 0 Å². The molecule has 2 saturated heterocycles. The summed E-state index contributed by atoms with van der Waals surface area (Å²) in [6, 6.07) is 24.1. The maximum Gasteiger partial charge on any atom is 0.455 e. The van der Waals surface area contributed by atoms with Crippen molar-refractivity contribution in [2.24, 2.45) is 17.8 Å². The summed E-state index contributed by atoms with van der Waals surface area (Å²) < 4.78 is 6.07. The molecule has 0 unspecified atom stereocenters. The maximum absolute atomic E-state index is 14.0. The summed E-state index contributed by atoms with van der Waals surface area (Å²) >= 11 is 0. The monoisotopic (exact) mass is 606 g/mol. The van der Waals surface area contributed by atoms with Gasteiger partial charge in [-0.2, -0.15) is 0 Å². The summed E-state index contributed by atoms with van der Waals surface area (Å²) in [5.74, 6) is -1.94. The Bertz CT molecular complexity index is 1610. The second-order valence-corrected chi connectivity index (χ2v) is 12.2. The van der Waals surface area contributed by atoms with Crippen LogP contribution in [0, 0.1) is 17.8 Å². The molecule has 2 heterocycles. The van der Waals surface area contributed by atoms with Crippen LogP contribution in [0.4, 0.5) is 17.1 Å². The van der Waals surface area contributed by atoms with Gasteiger partial charge in [-0.3, -0.25) is 14.5 Å². The fourth-order valence-corrected chi connectivity index (χ4v) is 7.30. The average molecular weight is 607 g/mol. The smallest absolute Gasteiger partial charge is 0.455 e. The number of imide groups is 1. The van der Waals surface area contributed by atoms with Gasteiger partial charge in [0.05, 0.1) is 30.2 Å². The number of aromatic hydroxyl groups is 1. The van der Waals surface area contributed by atoms with Gasteiger partial charge < -0.3 is 25.2 Å². The van der Waals surface area contributed by atoms with Crippen molar-refractivity contribution in [3.8, 4) is 5.75 Å². The van der Waals surface area contributed by atoms with Crippen LogP contribution in [-0.4, -0.2) is 46.9 Å². The van der Waals surface area contributed by atoms with E-state index in [1.54, 1.807) is 24.3 Å². The normalized spacial score (nSPS) is 23.3. The number of hydrogen-bond acceptors (Lipinski definition) is 7. The topological polar surface area (TPSA) is 119 Å². The number of aliphatic hydroxyl groups is 1. The quantitative estimate of drug-likeness (QED) is 0.125. The number of fused-ring (bicyclic) bond motifs is 3. The number of aliphatic hydroxyl groups excluding tert-OH is 1. The first kappa shape index (κ1) is 30.8. The zero-order valence-electron chi connectivity index (χ0n) is 25.4. The van der Waals surface area contributed by atoms with Gasteiger partial charge >= 0.3 is 7.12 Å². The minimum Gasteiger partial charge on any atom is -0.508 e. The van der Waals surface area contributed by atoms with E-state index in [2.05, 4.69) is 18.3 Å². The van der Waals surface area contributed by atoms with Crippen molar-refractivity contribution < 1.29 is 29.5 Å². The van der Waals surface area contributed by atoms with E-state index in [9.17, 15) is 24.8 Å². The molecule has 0 aromatic heterocycles. The summed E-state index contributed by atoms with van der Waals surface area (Å²) in [4.78, 5) is 29.1. The molecule has 4 atom stereocenters. The van der Waals surface area contributed by atoms with Crippen molar-refractivity contribution in [3.05, 3.63) is 101 Å². The molecule has 3 aliphatic rings. The van der Waals surface area contributed by atoms with Crippen LogP contribution in [0.3, 0.4) is 0 Å². The Labute approximate surface area is 264 Å². The summed E-state index contributed by atoms with van der Waals surface area (Å²) in [7, 11) is -1.08. The van der Waals surface area contributed by atoms with Gasteiger partial charge in [-0.15, -0.1) is 0 Å². The Kier molecular flexibility index (Phi) is 9.21. The van der Waals surface area contributed by atoms with Gasteiger partial charge in [0, 0.05) is 11.4 Å². The van der Waals surface area contributed by atoms with E-state index in [1.807, 2.05) is 54.6 Å². The molecule has 2 fully saturated rings.